The van der Waals surface area contributed by atoms with Gasteiger partial charge in [0, 0.05) is 13.2 Å². The first-order valence-electron chi connectivity index (χ1n) is 5.11. The third-order valence-electron chi connectivity index (χ3n) is 1.80. The van der Waals surface area contributed by atoms with Crippen LogP contribution in [0.4, 0.5) is 4.79 Å². The minimum absolute atomic E-state index is 0.0774. The molecule has 0 saturated heterocycles. The monoisotopic (exact) mass is 203 g/mol. The van der Waals surface area contributed by atoms with E-state index in [0.29, 0.717) is 12.5 Å². The lowest BCUT2D eigenvalue weighted by molar-refractivity contribution is 0.115. The van der Waals surface area contributed by atoms with Crippen LogP contribution in [0.3, 0.4) is 0 Å². The van der Waals surface area contributed by atoms with Crippen molar-refractivity contribution >= 4 is 6.09 Å². The molecule has 0 aromatic heterocycles. The third-order valence-corrected chi connectivity index (χ3v) is 1.80. The van der Waals surface area contributed by atoms with Crippen LogP contribution in [0.1, 0.15) is 33.6 Å². The molecule has 1 amide bonds. The van der Waals surface area contributed by atoms with E-state index in [1.165, 1.54) is 0 Å². The van der Waals surface area contributed by atoms with E-state index in [-0.39, 0.29) is 18.8 Å². The number of aliphatic hydroxyl groups excluding tert-OH is 1. The Balaban J connectivity index is 3.31. The molecule has 4 nitrogen and oxygen atoms in total. The number of alkyl carbamates (subject to hydrolysis) is 1. The summed E-state index contributed by atoms with van der Waals surface area (Å²) in [6.07, 6.45) is 1.34. The molecule has 1 unspecified atom stereocenters. The normalized spacial score (nSPS) is 12.6. The molecule has 0 aromatic carbocycles. The average Bonchev–Trinajstić information content (AvgIpc) is 2.10. The van der Waals surface area contributed by atoms with Gasteiger partial charge in [-0.05, 0) is 32.6 Å². The molecule has 0 aliphatic carbocycles. The molecule has 0 rings (SSSR count). The standard InChI is InChI=1S/C10H21NO3/c1-8(2)14-10(13)11-6-4-5-9(3)7-12/h8-9,12H,4-7H2,1-3H3,(H,11,13). The van der Waals surface area contributed by atoms with Gasteiger partial charge in [-0.3, -0.25) is 0 Å². The predicted octanol–water partition coefficient (Wildman–Crippen LogP) is 1.53. The summed E-state index contributed by atoms with van der Waals surface area (Å²) in [7, 11) is 0. The largest absolute Gasteiger partial charge is 0.447 e. The van der Waals surface area contributed by atoms with Crippen molar-refractivity contribution in [3.8, 4) is 0 Å². The van der Waals surface area contributed by atoms with Crippen LogP contribution in [0.15, 0.2) is 0 Å². The van der Waals surface area contributed by atoms with Gasteiger partial charge in [0.2, 0.25) is 0 Å². The second-order valence-electron chi connectivity index (χ2n) is 3.81. The van der Waals surface area contributed by atoms with E-state index in [1.807, 2.05) is 20.8 Å². The molecule has 0 aliphatic heterocycles. The van der Waals surface area contributed by atoms with Gasteiger partial charge in [-0.1, -0.05) is 6.92 Å². The molecule has 0 spiro atoms. The average molecular weight is 203 g/mol. The maximum atomic E-state index is 11.0. The van der Waals surface area contributed by atoms with Gasteiger partial charge in [-0.25, -0.2) is 4.79 Å². The SMILES string of the molecule is CC(CO)CCCNC(=O)OC(C)C. The van der Waals surface area contributed by atoms with Crippen molar-refractivity contribution in [3.63, 3.8) is 0 Å². The van der Waals surface area contributed by atoms with Gasteiger partial charge >= 0.3 is 6.09 Å². The Bertz CT molecular complexity index is 159. The van der Waals surface area contributed by atoms with Crippen molar-refractivity contribution in [2.45, 2.75) is 39.7 Å². The number of nitrogens with one attached hydrogen (secondary N) is 1. The van der Waals surface area contributed by atoms with Crippen molar-refractivity contribution in [1.82, 2.24) is 5.32 Å². The quantitative estimate of drug-likeness (QED) is 0.644. The zero-order valence-corrected chi connectivity index (χ0v) is 9.25. The molecule has 0 fully saturated rings. The van der Waals surface area contributed by atoms with Crippen LogP contribution < -0.4 is 5.32 Å². The lowest BCUT2D eigenvalue weighted by Gasteiger charge is -2.10. The summed E-state index contributed by atoms with van der Waals surface area (Å²) >= 11 is 0. The number of amides is 1. The van der Waals surface area contributed by atoms with E-state index in [2.05, 4.69) is 5.32 Å². The van der Waals surface area contributed by atoms with Gasteiger partial charge in [0.25, 0.3) is 0 Å². The van der Waals surface area contributed by atoms with Crippen LogP contribution in [-0.2, 0) is 4.74 Å². The second-order valence-corrected chi connectivity index (χ2v) is 3.81. The molecule has 4 heteroatoms. The Hall–Kier alpha value is -0.770. The van der Waals surface area contributed by atoms with Crippen molar-refractivity contribution in [2.24, 2.45) is 5.92 Å². The first kappa shape index (κ1) is 13.2. The van der Waals surface area contributed by atoms with Gasteiger partial charge in [0.05, 0.1) is 6.10 Å². The molecular weight excluding hydrogens is 182 g/mol. The molecule has 1 atom stereocenters. The highest BCUT2D eigenvalue weighted by Gasteiger charge is 2.04. The third kappa shape index (κ3) is 7.86. The Morgan fingerprint density at radius 2 is 2.07 bits per heavy atom. The lowest BCUT2D eigenvalue weighted by Crippen LogP contribution is -2.27. The summed E-state index contributed by atoms with van der Waals surface area (Å²) in [5.74, 6) is 0.304. The molecule has 2 N–H and O–H groups in total. The molecule has 0 saturated carbocycles. The zero-order chi connectivity index (χ0) is 11.0. The molecule has 0 aliphatic rings. The first-order valence-corrected chi connectivity index (χ1v) is 5.11. The van der Waals surface area contributed by atoms with E-state index in [1.54, 1.807) is 0 Å². The molecule has 0 aromatic rings. The Kier molecular flexibility index (Phi) is 7.20. The maximum Gasteiger partial charge on any atom is 0.407 e. The molecular formula is C10H21NO3. The van der Waals surface area contributed by atoms with Crippen LogP contribution in [0.5, 0.6) is 0 Å². The first-order chi connectivity index (χ1) is 6.56. The smallest absolute Gasteiger partial charge is 0.407 e. The number of hydrogen-bond donors (Lipinski definition) is 2. The summed E-state index contributed by atoms with van der Waals surface area (Å²) in [4.78, 5) is 11.0. The van der Waals surface area contributed by atoms with E-state index < -0.39 is 0 Å². The number of aliphatic hydroxyl groups is 1. The fraction of sp³-hybridized carbons (Fsp3) is 0.900. The van der Waals surface area contributed by atoms with Gasteiger partial charge in [-0.15, -0.1) is 0 Å². The highest BCUT2D eigenvalue weighted by molar-refractivity contribution is 5.67. The fourth-order valence-corrected chi connectivity index (χ4v) is 0.988. The molecule has 14 heavy (non-hydrogen) atoms. The van der Waals surface area contributed by atoms with E-state index >= 15 is 0 Å². The maximum absolute atomic E-state index is 11.0. The number of ether oxygens (including phenoxy) is 1. The minimum Gasteiger partial charge on any atom is -0.447 e. The highest BCUT2D eigenvalue weighted by Crippen LogP contribution is 2.02. The minimum atomic E-state index is -0.364. The fourth-order valence-electron chi connectivity index (χ4n) is 0.988. The van der Waals surface area contributed by atoms with E-state index in [9.17, 15) is 4.79 Å². The number of hydrogen-bond acceptors (Lipinski definition) is 3. The van der Waals surface area contributed by atoms with E-state index in [0.717, 1.165) is 12.8 Å². The Morgan fingerprint density at radius 3 is 2.57 bits per heavy atom. The van der Waals surface area contributed by atoms with Crippen molar-refractivity contribution in [3.05, 3.63) is 0 Å². The number of rotatable bonds is 6. The summed E-state index contributed by atoms with van der Waals surface area (Å²) in [6.45, 7) is 6.42. The van der Waals surface area contributed by atoms with Crippen molar-refractivity contribution in [2.75, 3.05) is 13.2 Å². The molecule has 0 bridgehead atoms. The predicted molar refractivity (Wildman–Crippen MR) is 55.1 cm³/mol. The summed E-state index contributed by atoms with van der Waals surface area (Å²) in [5.41, 5.74) is 0. The van der Waals surface area contributed by atoms with Crippen molar-refractivity contribution in [1.29, 1.82) is 0 Å². The second kappa shape index (κ2) is 7.62. The number of carbonyl (C=O) groups is 1. The molecule has 0 heterocycles. The van der Waals surface area contributed by atoms with Crippen molar-refractivity contribution < 1.29 is 14.6 Å². The summed E-state index contributed by atoms with van der Waals surface area (Å²) in [6, 6.07) is 0. The lowest BCUT2D eigenvalue weighted by atomic mass is 10.1. The Labute approximate surface area is 85.6 Å². The highest BCUT2D eigenvalue weighted by atomic mass is 16.6. The molecule has 0 radical (unpaired) electrons. The van der Waals surface area contributed by atoms with Crippen LogP contribution in [0.25, 0.3) is 0 Å². The molecule has 84 valence electrons. The Morgan fingerprint density at radius 1 is 1.43 bits per heavy atom. The van der Waals surface area contributed by atoms with Crippen LogP contribution >= 0.6 is 0 Å². The summed E-state index contributed by atoms with van der Waals surface area (Å²) in [5, 5.41) is 11.4. The number of carbonyl (C=O) groups excluding carboxylic acids is 1. The topological polar surface area (TPSA) is 58.6 Å². The van der Waals surface area contributed by atoms with E-state index in [4.69, 9.17) is 9.84 Å². The zero-order valence-electron chi connectivity index (χ0n) is 9.25. The van der Waals surface area contributed by atoms with Gasteiger partial charge < -0.3 is 15.2 Å². The van der Waals surface area contributed by atoms with Gasteiger partial charge in [0.1, 0.15) is 0 Å². The summed E-state index contributed by atoms with van der Waals surface area (Å²) < 4.78 is 4.88. The van der Waals surface area contributed by atoms with Crippen LogP contribution in [-0.4, -0.2) is 30.5 Å². The van der Waals surface area contributed by atoms with Crippen LogP contribution in [0, 0.1) is 5.92 Å². The van der Waals surface area contributed by atoms with Crippen LogP contribution in [0.2, 0.25) is 0 Å². The van der Waals surface area contributed by atoms with Gasteiger partial charge in [-0.2, -0.15) is 0 Å². The van der Waals surface area contributed by atoms with Gasteiger partial charge in [0.15, 0.2) is 0 Å².